The molecule has 0 radical (unpaired) electrons. The van der Waals surface area contributed by atoms with Crippen LogP contribution in [-0.2, 0) is 16.0 Å². The maximum Gasteiger partial charge on any atom is 0.341 e. The van der Waals surface area contributed by atoms with Gasteiger partial charge in [0.25, 0.3) is 0 Å². The molecule has 0 aliphatic rings. The number of hydrogen-bond donors (Lipinski definition) is 1. The summed E-state index contributed by atoms with van der Waals surface area (Å²) in [5.74, 6) is -0.762. The molecule has 0 aliphatic heterocycles. The van der Waals surface area contributed by atoms with Gasteiger partial charge in [-0.25, -0.2) is 4.79 Å². The van der Waals surface area contributed by atoms with Crippen LogP contribution in [0.5, 0.6) is 5.75 Å². The first-order chi connectivity index (χ1) is 6.69. The molecule has 0 bridgehead atoms. The number of phenols is 1. The van der Waals surface area contributed by atoms with Crippen LogP contribution in [0, 0.1) is 0 Å². The van der Waals surface area contributed by atoms with E-state index in [-0.39, 0.29) is 17.7 Å². The first-order valence-corrected chi connectivity index (χ1v) is 4.03. The lowest BCUT2D eigenvalue weighted by atomic mass is 10.1. The van der Waals surface area contributed by atoms with Gasteiger partial charge in [-0.3, -0.25) is 0 Å². The van der Waals surface area contributed by atoms with Crippen LogP contribution >= 0.6 is 0 Å². The largest absolute Gasteiger partial charge is 0.507 e. The van der Waals surface area contributed by atoms with Crippen LogP contribution in [0.1, 0.15) is 15.9 Å². The summed E-state index contributed by atoms with van der Waals surface area (Å²) < 4.78 is 4.46. The van der Waals surface area contributed by atoms with Gasteiger partial charge in [-0.2, -0.15) is 0 Å². The van der Waals surface area contributed by atoms with Gasteiger partial charge in [-0.1, -0.05) is 6.07 Å². The van der Waals surface area contributed by atoms with Gasteiger partial charge in [-0.15, -0.1) is 0 Å². The number of carbonyl (C=O) groups excluding carboxylic acids is 2. The van der Waals surface area contributed by atoms with Crippen LogP contribution in [0.15, 0.2) is 18.2 Å². The Balaban J connectivity index is 3.07. The number of rotatable bonds is 3. The van der Waals surface area contributed by atoms with E-state index in [1.54, 1.807) is 6.07 Å². The van der Waals surface area contributed by atoms with Crippen LogP contribution in [0.25, 0.3) is 0 Å². The van der Waals surface area contributed by atoms with Crippen molar-refractivity contribution in [1.82, 2.24) is 0 Å². The van der Waals surface area contributed by atoms with Gasteiger partial charge in [0.15, 0.2) is 0 Å². The van der Waals surface area contributed by atoms with Crippen LogP contribution < -0.4 is 0 Å². The molecule has 0 aliphatic carbocycles. The lowest BCUT2D eigenvalue weighted by molar-refractivity contribution is -0.107. The Morgan fingerprint density at radius 3 is 2.86 bits per heavy atom. The molecule has 4 heteroatoms. The highest BCUT2D eigenvalue weighted by atomic mass is 16.5. The second-order valence-corrected chi connectivity index (χ2v) is 2.71. The molecule has 0 heterocycles. The smallest absolute Gasteiger partial charge is 0.341 e. The molecular formula is C10H10O4. The van der Waals surface area contributed by atoms with Crippen molar-refractivity contribution in [3.8, 4) is 5.75 Å². The maximum atomic E-state index is 11.1. The monoisotopic (exact) mass is 194 g/mol. The SMILES string of the molecule is COC(=O)c1cc(CC=O)ccc1O. The van der Waals surface area contributed by atoms with Gasteiger partial charge in [0.05, 0.1) is 7.11 Å². The van der Waals surface area contributed by atoms with E-state index in [0.717, 1.165) is 6.29 Å². The molecule has 0 aromatic heterocycles. The predicted molar refractivity (Wildman–Crippen MR) is 49.2 cm³/mol. The van der Waals surface area contributed by atoms with Crippen LogP contribution in [0.3, 0.4) is 0 Å². The molecule has 0 unspecified atom stereocenters. The molecule has 74 valence electrons. The molecule has 1 aromatic rings. The molecule has 0 spiro atoms. The summed E-state index contributed by atoms with van der Waals surface area (Å²) >= 11 is 0. The lowest BCUT2D eigenvalue weighted by Crippen LogP contribution is -2.02. The summed E-state index contributed by atoms with van der Waals surface area (Å²) in [5, 5.41) is 9.32. The third-order valence-corrected chi connectivity index (χ3v) is 1.79. The number of aromatic hydroxyl groups is 1. The standard InChI is InChI=1S/C10H10O4/c1-14-10(13)8-6-7(4-5-11)2-3-9(8)12/h2-3,5-6,12H,4H2,1H3. The summed E-state index contributed by atoms with van der Waals surface area (Å²) in [7, 11) is 1.23. The normalized spacial score (nSPS) is 9.50. The van der Waals surface area contributed by atoms with E-state index in [1.807, 2.05) is 0 Å². The van der Waals surface area contributed by atoms with Crippen molar-refractivity contribution in [3.05, 3.63) is 29.3 Å². The Morgan fingerprint density at radius 1 is 1.57 bits per heavy atom. The van der Waals surface area contributed by atoms with Crippen molar-refractivity contribution in [2.45, 2.75) is 6.42 Å². The number of phenolic OH excluding ortho intramolecular Hbond substituents is 1. The van der Waals surface area contributed by atoms with Crippen LogP contribution in [0.2, 0.25) is 0 Å². The molecule has 0 saturated carbocycles. The van der Waals surface area contributed by atoms with E-state index in [1.165, 1.54) is 19.2 Å². The number of hydrogen-bond acceptors (Lipinski definition) is 4. The zero-order chi connectivity index (χ0) is 10.6. The highest BCUT2D eigenvalue weighted by Crippen LogP contribution is 2.19. The fourth-order valence-corrected chi connectivity index (χ4v) is 1.08. The highest BCUT2D eigenvalue weighted by molar-refractivity contribution is 5.92. The van der Waals surface area contributed by atoms with Crippen LogP contribution in [0.4, 0.5) is 0 Å². The minimum atomic E-state index is -0.616. The summed E-state index contributed by atoms with van der Waals surface area (Å²) in [6, 6.07) is 4.39. The van der Waals surface area contributed by atoms with E-state index >= 15 is 0 Å². The maximum absolute atomic E-state index is 11.1. The lowest BCUT2D eigenvalue weighted by Gasteiger charge is -2.03. The summed E-state index contributed by atoms with van der Waals surface area (Å²) in [5.41, 5.74) is 0.741. The Labute approximate surface area is 81.1 Å². The van der Waals surface area contributed by atoms with E-state index in [2.05, 4.69) is 4.74 Å². The average Bonchev–Trinajstić information content (AvgIpc) is 2.20. The molecule has 1 aromatic carbocycles. The van der Waals surface area contributed by atoms with Crippen molar-refractivity contribution in [2.24, 2.45) is 0 Å². The second-order valence-electron chi connectivity index (χ2n) is 2.71. The van der Waals surface area contributed by atoms with E-state index < -0.39 is 5.97 Å². The Kier molecular flexibility index (Phi) is 3.23. The summed E-state index contributed by atoms with van der Waals surface area (Å²) in [6.45, 7) is 0. The highest BCUT2D eigenvalue weighted by Gasteiger charge is 2.11. The molecule has 0 fully saturated rings. The summed E-state index contributed by atoms with van der Waals surface area (Å²) in [4.78, 5) is 21.4. The van der Waals surface area contributed by atoms with Gasteiger partial charge in [0.1, 0.15) is 17.6 Å². The minimum Gasteiger partial charge on any atom is -0.507 e. The third kappa shape index (κ3) is 2.10. The number of carbonyl (C=O) groups is 2. The molecular weight excluding hydrogens is 184 g/mol. The van der Waals surface area contributed by atoms with Gasteiger partial charge in [0.2, 0.25) is 0 Å². The zero-order valence-electron chi connectivity index (χ0n) is 7.69. The average molecular weight is 194 g/mol. The van der Waals surface area contributed by atoms with E-state index in [9.17, 15) is 14.7 Å². The zero-order valence-corrected chi connectivity index (χ0v) is 7.69. The molecule has 0 amide bonds. The topological polar surface area (TPSA) is 63.6 Å². The van der Waals surface area contributed by atoms with Gasteiger partial charge < -0.3 is 14.6 Å². The molecule has 14 heavy (non-hydrogen) atoms. The number of esters is 1. The minimum absolute atomic E-state index is 0.0758. The fraction of sp³-hybridized carbons (Fsp3) is 0.200. The van der Waals surface area contributed by atoms with Crippen molar-refractivity contribution < 1.29 is 19.4 Å². The predicted octanol–water partition coefficient (Wildman–Crippen LogP) is 0.920. The number of benzene rings is 1. The van der Waals surface area contributed by atoms with Crippen molar-refractivity contribution in [1.29, 1.82) is 0 Å². The number of aldehydes is 1. The summed E-state index contributed by atoms with van der Waals surface area (Å²) in [6.07, 6.45) is 0.942. The quantitative estimate of drug-likeness (QED) is 0.574. The first-order valence-electron chi connectivity index (χ1n) is 4.03. The van der Waals surface area contributed by atoms with Crippen molar-refractivity contribution in [2.75, 3.05) is 7.11 Å². The second kappa shape index (κ2) is 4.41. The van der Waals surface area contributed by atoms with Gasteiger partial charge >= 0.3 is 5.97 Å². The number of methoxy groups -OCH3 is 1. The van der Waals surface area contributed by atoms with Crippen LogP contribution in [-0.4, -0.2) is 24.5 Å². The van der Waals surface area contributed by atoms with E-state index in [4.69, 9.17) is 0 Å². The molecule has 1 N–H and O–H groups in total. The molecule has 0 atom stereocenters. The molecule has 4 nitrogen and oxygen atoms in total. The molecule has 1 rings (SSSR count). The fourth-order valence-electron chi connectivity index (χ4n) is 1.08. The van der Waals surface area contributed by atoms with Crippen molar-refractivity contribution >= 4 is 12.3 Å². The van der Waals surface area contributed by atoms with E-state index in [0.29, 0.717) is 5.56 Å². The Bertz CT molecular complexity index is 357. The van der Waals surface area contributed by atoms with Crippen molar-refractivity contribution in [3.63, 3.8) is 0 Å². The molecule has 0 saturated heterocycles. The Hall–Kier alpha value is -1.84. The van der Waals surface area contributed by atoms with Gasteiger partial charge in [0, 0.05) is 6.42 Å². The first kappa shape index (κ1) is 10.2. The third-order valence-electron chi connectivity index (χ3n) is 1.79. The van der Waals surface area contributed by atoms with Gasteiger partial charge in [-0.05, 0) is 17.7 Å². The number of ether oxygens (including phenoxy) is 1. The Morgan fingerprint density at radius 2 is 2.29 bits per heavy atom.